The van der Waals surface area contributed by atoms with Crippen molar-refractivity contribution >= 4 is 22.4 Å². The Bertz CT molecular complexity index is 812. The van der Waals surface area contributed by atoms with E-state index in [2.05, 4.69) is 20.1 Å². The van der Waals surface area contributed by atoms with Gasteiger partial charge in [-0.25, -0.2) is 4.98 Å². The molecule has 0 spiro atoms. The Labute approximate surface area is 182 Å². The lowest BCUT2D eigenvalue weighted by Gasteiger charge is -2.40. The van der Waals surface area contributed by atoms with E-state index in [0.29, 0.717) is 17.5 Å². The standard InChI is InChI=1S/C22H30N4O3S/c1-28-19-4-2-17(3-5-19)6-9-23-21(27)20-16-24-22(30-20)26-10-7-18(8-11-26)25-12-14-29-15-13-25/h2-5,16,18H,6-15H2,1H3,(H,23,27). The minimum absolute atomic E-state index is 0.0459. The highest BCUT2D eigenvalue weighted by molar-refractivity contribution is 7.17. The second-order valence-electron chi connectivity index (χ2n) is 7.73. The van der Waals surface area contributed by atoms with Gasteiger partial charge in [-0.1, -0.05) is 23.5 Å². The zero-order valence-electron chi connectivity index (χ0n) is 17.5. The molecule has 1 N–H and O–H groups in total. The normalized spacial score (nSPS) is 18.4. The van der Waals surface area contributed by atoms with E-state index in [1.807, 2.05) is 24.3 Å². The summed E-state index contributed by atoms with van der Waals surface area (Å²) in [6.07, 6.45) is 4.78. The van der Waals surface area contributed by atoms with Crippen molar-refractivity contribution in [2.75, 3.05) is 57.9 Å². The molecule has 7 nitrogen and oxygen atoms in total. The lowest BCUT2D eigenvalue weighted by Crippen LogP contribution is -2.49. The molecule has 8 heteroatoms. The van der Waals surface area contributed by atoms with E-state index in [9.17, 15) is 4.79 Å². The van der Waals surface area contributed by atoms with Crippen LogP contribution in [0.15, 0.2) is 30.5 Å². The molecule has 2 aliphatic heterocycles. The zero-order chi connectivity index (χ0) is 20.8. The fourth-order valence-corrected chi connectivity index (χ4v) is 4.96. The Kier molecular flexibility index (Phi) is 7.20. The van der Waals surface area contributed by atoms with Gasteiger partial charge in [0.25, 0.3) is 5.91 Å². The van der Waals surface area contributed by atoms with Crippen LogP contribution >= 0.6 is 11.3 Å². The molecule has 0 aliphatic carbocycles. The van der Waals surface area contributed by atoms with Crippen molar-refractivity contribution in [1.29, 1.82) is 0 Å². The molecule has 0 atom stereocenters. The third kappa shape index (κ3) is 5.30. The minimum atomic E-state index is -0.0459. The minimum Gasteiger partial charge on any atom is -0.497 e. The molecule has 1 aromatic heterocycles. The summed E-state index contributed by atoms with van der Waals surface area (Å²) in [5, 5.41) is 3.96. The van der Waals surface area contributed by atoms with Gasteiger partial charge in [0.2, 0.25) is 0 Å². The van der Waals surface area contributed by atoms with Gasteiger partial charge in [-0.2, -0.15) is 0 Å². The van der Waals surface area contributed by atoms with Crippen LogP contribution in [0.4, 0.5) is 5.13 Å². The number of thiazole rings is 1. The summed E-state index contributed by atoms with van der Waals surface area (Å²) >= 11 is 1.49. The Hall–Kier alpha value is -2.16. The number of anilines is 1. The van der Waals surface area contributed by atoms with Gasteiger partial charge in [0.05, 0.1) is 26.5 Å². The number of hydrogen-bond donors (Lipinski definition) is 1. The highest BCUT2D eigenvalue weighted by Crippen LogP contribution is 2.27. The Morgan fingerprint density at radius 2 is 1.93 bits per heavy atom. The predicted octanol–water partition coefficient (Wildman–Crippen LogP) is 2.43. The summed E-state index contributed by atoms with van der Waals surface area (Å²) < 4.78 is 10.6. The van der Waals surface area contributed by atoms with Crippen LogP contribution in [0.1, 0.15) is 28.1 Å². The van der Waals surface area contributed by atoms with Crippen molar-refractivity contribution in [1.82, 2.24) is 15.2 Å². The van der Waals surface area contributed by atoms with Crippen LogP contribution < -0.4 is 15.0 Å². The first kappa shape index (κ1) is 21.1. The molecule has 0 bridgehead atoms. The number of nitrogens with zero attached hydrogens (tertiary/aromatic N) is 3. The number of carbonyl (C=O) groups is 1. The fourth-order valence-electron chi connectivity index (χ4n) is 4.08. The number of morpholine rings is 1. The molecule has 2 aromatic rings. The van der Waals surface area contributed by atoms with Crippen LogP contribution in [0.5, 0.6) is 5.75 Å². The fraction of sp³-hybridized carbons (Fsp3) is 0.545. The van der Waals surface area contributed by atoms with Crippen molar-refractivity contribution in [2.24, 2.45) is 0 Å². The number of ether oxygens (including phenoxy) is 2. The van der Waals surface area contributed by atoms with Crippen molar-refractivity contribution in [2.45, 2.75) is 25.3 Å². The molecular weight excluding hydrogens is 400 g/mol. The number of nitrogens with one attached hydrogen (secondary N) is 1. The maximum atomic E-state index is 12.5. The number of amides is 1. The van der Waals surface area contributed by atoms with Crippen LogP contribution in [0.3, 0.4) is 0 Å². The van der Waals surface area contributed by atoms with Gasteiger partial charge in [-0.3, -0.25) is 9.69 Å². The summed E-state index contributed by atoms with van der Waals surface area (Å²) in [5.41, 5.74) is 1.17. The zero-order valence-corrected chi connectivity index (χ0v) is 18.3. The summed E-state index contributed by atoms with van der Waals surface area (Å²) in [7, 11) is 1.66. The largest absolute Gasteiger partial charge is 0.497 e. The van der Waals surface area contributed by atoms with E-state index in [0.717, 1.165) is 69.5 Å². The number of aromatic nitrogens is 1. The summed E-state index contributed by atoms with van der Waals surface area (Å²) in [5.74, 6) is 0.796. The van der Waals surface area contributed by atoms with E-state index in [1.165, 1.54) is 16.9 Å². The molecular formula is C22H30N4O3S. The molecule has 4 rings (SSSR count). The van der Waals surface area contributed by atoms with E-state index in [-0.39, 0.29) is 5.91 Å². The number of hydrogen-bond acceptors (Lipinski definition) is 7. The average molecular weight is 431 g/mol. The van der Waals surface area contributed by atoms with Crippen LogP contribution in [0.2, 0.25) is 0 Å². The average Bonchev–Trinajstić information content (AvgIpc) is 3.31. The quantitative estimate of drug-likeness (QED) is 0.728. The summed E-state index contributed by atoms with van der Waals surface area (Å²) in [6, 6.07) is 8.57. The molecule has 2 fully saturated rings. The SMILES string of the molecule is COc1ccc(CCNC(=O)c2cnc(N3CCC(N4CCOCC4)CC3)s2)cc1. The first-order valence-corrected chi connectivity index (χ1v) is 11.5. The number of carbonyl (C=O) groups excluding carboxylic acids is 1. The molecule has 0 unspecified atom stereocenters. The van der Waals surface area contributed by atoms with Gasteiger partial charge in [-0.05, 0) is 37.0 Å². The lowest BCUT2D eigenvalue weighted by atomic mass is 10.0. The van der Waals surface area contributed by atoms with Gasteiger partial charge in [0, 0.05) is 38.8 Å². The van der Waals surface area contributed by atoms with Gasteiger partial charge in [0.15, 0.2) is 5.13 Å². The maximum absolute atomic E-state index is 12.5. The van der Waals surface area contributed by atoms with Crippen LogP contribution in [0.25, 0.3) is 0 Å². The van der Waals surface area contributed by atoms with Crippen molar-refractivity contribution < 1.29 is 14.3 Å². The molecule has 0 saturated carbocycles. The highest BCUT2D eigenvalue weighted by Gasteiger charge is 2.27. The molecule has 30 heavy (non-hydrogen) atoms. The van der Waals surface area contributed by atoms with Gasteiger partial charge in [0.1, 0.15) is 10.6 Å². The first-order valence-electron chi connectivity index (χ1n) is 10.7. The van der Waals surface area contributed by atoms with Gasteiger partial charge < -0.3 is 19.7 Å². The number of rotatable bonds is 7. The number of benzene rings is 1. The lowest BCUT2D eigenvalue weighted by molar-refractivity contribution is 0.0115. The Morgan fingerprint density at radius 3 is 2.63 bits per heavy atom. The molecule has 0 radical (unpaired) electrons. The second-order valence-corrected chi connectivity index (χ2v) is 8.74. The van der Waals surface area contributed by atoms with E-state index >= 15 is 0 Å². The molecule has 2 saturated heterocycles. The Morgan fingerprint density at radius 1 is 1.20 bits per heavy atom. The smallest absolute Gasteiger partial charge is 0.263 e. The predicted molar refractivity (Wildman–Crippen MR) is 119 cm³/mol. The third-order valence-electron chi connectivity index (χ3n) is 5.87. The van der Waals surface area contributed by atoms with E-state index < -0.39 is 0 Å². The first-order chi connectivity index (χ1) is 14.7. The summed E-state index contributed by atoms with van der Waals surface area (Å²) in [4.78, 5) is 22.6. The van der Waals surface area contributed by atoms with Crippen LogP contribution in [-0.4, -0.2) is 74.9 Å². The highest BCUT2D eigenvalue weighted by atomic mass is 32.1. The van der Waals surface area contributed by atoms with Gasteiger partial charge in [-0.15, -0.1) is 0 Å². The van der Waals surface area contributed by atoms with Crippen molar-refractivity contribution in [3.05, 3.63) is 40.9 Å². The summed E-state index contributed by atoms with van der Waals surface area (Å²) in [6.45, 7) is 6.38. The van der Waals surface area contributed by atoms with E-state index in [4.69, 9.17) is 9.47 Å². The van der Waals surface area contributed by atoms with Crippen LogP contribution in [-0.2, 0) is 11.2 Å². The molecule has 2 aliphatic rings. The maximum Gasteiger partial charge on any atom is 0.263 e. The third-order valence-corrected chi connectivity index (χ3v) is 6.93. The van der Waals surface area contributed by atoms with E-state index in [1.54, 1.807) is 13.3 Å². The number of piperidine rings is 1. The topological polar surface area (TPSA) is 66.9 Å². The molecule has 3 heterocycles. The molecule has 1 aromatic carbocycles. The van der Waals surface area contributed by atoms with Crippen LogP contribution in [0, 0.1) is 0 Å². The Balaban J connectivity index is 1.22. The van der Waals surface area contributed by atoms with Crippen molar-refractivity contribution in [3.63, 3.8) is 0 Å². The van der Waals surface area contributed by atoms with Crippen molar-refractivity contribution in [3.8, 4) is 5.75 Å². The molecule has 162 valence electrons. The second kappa shape index (κ2) is 10.2. The molecule has 1 amide bonds. The number of methoxy groups -OCH3 is 1. The monoisotopic (exact) mass is 430 g/mol. The van der Waals surface area contributed by atoms with Gasteiger partial charge >= 0.3 is 0 Å².